The molecule has 0 atom stereocenters. The minimum Gasteiger partial charge on any atom is -0.444 e. The van der Waals surface area contributed by atoms with Gasteiger partial charge in [0.1, 0.15) is 5.60 Å². The number of benzene rings is 2. The van der Waals surface area contributed by atoms with E-state index in [1.807, 2.05) is 37.8 Å². The van der Waals surface area contributed by atoms with Crippen LogP contribution in [0.4, 0.5) is 16.2 Å². The molecule has 6 nitrogen and oxygen atoms in total. The van der Waals surface area contributed by atoms with Gasteiger partial charge in [-0.15, -0.1) is 0 Å². The van der Waals surface area contributed by atoms with E-state index in [0.29, 0.717) is 6.54 Å². The molecule has 1 amide bonds. The molecular weight excluding hydrogens is 572 g/mol. The molecule has 2 aromatic rings. The molecule has 2 saturated heterocycles. The molecular formula is C27H38Br2N4O2. The Balaban J connectivity index is 0.000000211. The Bertz CT molecular complexity index is 908. The third kappa shape index (κ3) is 9.66. The maximum Gasteiger partial charge on any atom is 0.410 e. The second-order valence-electron chi connectivity index (χ2n) is 9.85. The molecule has 2 aromatic carbocycles. The van der Waals surface area contributed by atoms with E-state index in [0.717, 1.165) is 61.2 Å². The maximum absolute atomic E-state index is 12.1. The SMILES string of the molecule is Brc1ccc(N2CCCNCC2)cc1.CC(C)(C)OC(=O)N1CCCN(c2ccc(Br)cc2)CC1. The van der Waals surface area contributed by atoms with E-state index in [4.69, 9.17) is 4.74 Å². The molecule has 0 spiro atoms. The normalized spacial score (nSPS) is 17.1. The summed E-state index contributed by atoms with van der Waals surface area (Å²) in [6, 6.07) is 16.9. The fourth-order valence-electron chi connectivity index (χ4n) is 4.09. The number of carbonyl (C=O) groups excluding carboxylic acids is 1. The Morgan fingerprint density at radius 2 is 1.29 bits per heavy atom. The number of ether oxygens (including phenoxy) is 1. The van der Waals surface area contributed by atoms with Crippen LogP contribution in [0, 0.1) is 0 Å². The Morgan fingerprint density at radius 3 is 1.86 bits per heavy atom. The van der Waals surface area contributed by atoms with Gasteiger partial charge in [-0.1, -0.05) is 31.9 Å². The summed E-state index contributed by atoms with van der Waals surface area (Å²) in [5.41, 5.74) is 2.09. The topological polar surface area (TPSA) is 48.1 Å². The monoisotopic (exact) mass is 608 g/mol. The van der Waals surface area contributed by atoms with Crippen molar-refractivity contribution in [1.82, 2.24) is 10.2 Å². The molecule has 0 unspecified atom stereocenters. The number of hydrogen-bond acceptors (Lipinski definition) is 5. The highest BCUT2D eigenvalue weighted by molar-refractivity contribution is 9.10. The number of amides is 1. The number of nitrogens with zero attached hydrogens (tertiary/aromatic N) is 3. The van der Waals surface area contributed by atoms with E-state index in [-0.39, 0.29) is 6.09 Å². The number of halogens is 2. The molecule has 192 valence electrons. The first kappa shape index (κ1) is 27.8. The predicted molar refractivity (Wildman–Crippen MR) is 153 cm³/mol. The van der Waals surface area contributed by atoms with Crippen molar-refractivity contribution in [3.63, 3.8) is 0 Å². The van der Waals surface area contributed by atoms with Gasteiger partial charge in [-0.3, -0.25) is 0 Å². The highest BCUT2D eigenvalue weighted by Gasteiger charge is 2.24. The molecule has 0 saturated carbocycles. The lowest BCUT2D eigenvalue weighted by atomic mass is 10.2. The summed E-state index contributed by atoms with van der Waals surface area (Å²) in [5, 5.41) is 3.41. The molecule has 2 aliphatic heterocycles. The fourth-order valence-corrected chi connectivity index (χ4v) is 4.62. The van der Waals surface area contributed by atoms with Gasteiger partial charge < -0.3 is 24.8 Å². The summed E-state index contributed by atoms with van der Waals surface area (Å²) >= 11 is 6.91. The van der Waals surface area contributed by atoms with Crippen LogP contribution in [0.5, 0.6) is 0 Å². The molecule has 2 aliphatic rings. The van der Waals surface area contributed by atoms with E-state index < -0.39 is 5.60 Å². The molecule has 2 heterocycles. The average molecular weight is 610 g/mol. The zero-order valence-corrected chi connectivity index (χ0v) is 24.3. The molecule has 1 N–H and O–H groups in total. The number of anilines is 2. The van der Waals surface area contributed by atoms with Crippen molar-refractivity contribution in [2.45, 2.75) is 39.2 Å². The lowest BCUT2D eigenvalue weighted by molar-refractivity contribution is 0.0263. The fraction of sp³-hybridized carbons (Fsp3) is 0.519. The first-order chi connectivity index (χ1) is 16.7. The quantitative estimate of drug-likeness (QED) is 0.443. The average Bonchev–Trinajstić information content (AvgIpc) is 3.23. The third-order valence-corrected chi connectivity index (χ3v) is 6.93. The van der Waals surface area contributed by atoms with Crippen LogP contribution in [-0.2, 0) is 4.74 Å². The second-order valence-corrected chi connectivity index (χ2v) is 11.7. The predicted octanol–water partition coefficient (Wildman–Crippen LogP) is 6.15. The summed E-state index contributed by atoms with van der Waals surface area (Å²) in [6.07, 6.45) is 1.98. The molecule has 2 fully saturated rings. The van der Waals surface area contributed by atoms with E-state index in [1.54, 1.807) is 0 Å². The summed E-state index contributed by atoms with van der Waals surface area (Å²) < 4.78 is 7.68. The summed E-state index contributed by atoms with van der Waals surface area (Å²) in [7, 11) is 0. The van der Waals surface area contributed by atoms with Gasteiger partial charge in [0.15, 0.2) is 0 Å². The maximum atomic E-state index is 12.1. The van der Waals surface area contributed by atoms with Crippen LogP contribution in [0.15, 0.2) is 57.5 Å². The van der Waals surface area contributed by atoms with Crippen molar-refractivity contribution in [3.05, 3.63) is 57.5 Å². The van der Waals surface area contributed by atoms with Crippen LogP contribution in [0.1, 0.15) is 33.6 Å². The van der Waals surface area contributed by atoms with E-state index in [1.165, 1.54) is 17.8 Å². The number of rotatable bonds is 2. The molecule has 4 rings (SSSR count). The first-order valence-corrected chi connectivity index (χ1v) is 14.0. The lowest BCUT2D eigenvalue weighted by Crippen LogP contribution is -2.39. The molecule has 35 heavy (non-hydrogen) atoms. The van der Waals surface area contributed by atoms with Crippen LogP contribution in [0.2, 0.25) is 0 Å². The van der Waals surface area contributed by atoms with Crippen LogP contribution in [0.3, 0.4) is 0 Å². The van der Waals surface area contributed by atoms with E-state index >= 15 is 0 Å². The highest BCUT2D eigenvalue weighted by atomic mass is 79.9. The van der Waals surface area contributed by atoms with Crippen LogP contribution >= 0.6 is 31.9 Å². The summed E-state index contributed by atoms with van der Waals surface area (Å²) in [6.45, 7) is 13.5. The van der Waals surface area contributed by atoms with Crippen molar-refractivity contribution in [1.29, 1.82) is 0 Å². The van der Waals surface area contributed by atoms with Gasteiger partial charge in [-0.05, 0) is 88.7 Å². The Hall–Kier alpha value is -1.77. The van der Waals surface area contributed by atoms with Crippen LogP contribution < -0.4 is 15.1 Å². The van der Waals surface area contributed by atoms with Crippen LogP contribution in [0.25, 0.3) is 0 Å². The molecule has 0 aromatic heterocycles. The molecule has 0 bridgehead atoms. The second kappa shape index (κ2) is 13.5. The minimum absolute atomic E-state index is 0.208. The van der Waals surface area contributed by atoms with Crippen molar-refractivity contribution in [3.8, 4) is 0 Å². The third-order valence-electron chi connectivity index (χ3n) is 5.87. The molecule has 0 radical (unpaired) electrons. The van der Waals surface area contributed by atoms with E-state index in [2.05, 4.69) is 83.4 Å². The van der Waals surface area contributed by atoms with Gasteiger partial charge in [0.05, 0.1) is 0 Å². The number of hydrogen-bond donors (Lipinski definition) is 1. The van der Waals surface area contributed by atoms with Gasteiger partial charge in [0.2, 0.25) is 0 Å². The van der Waals surface area contributed by atoms with Crippen LogP contribution in [-0.4, -0.2) is 69.0 Å². The smallest absolute Gasteiger partial charge is 0.410 e. The Kier molecular flexibility index (Phi) is 10.7. The van der Waals surface area contributed by atoms with Crippen molar-refractivity contribution >= 4 is 49.3 Å². The lowest BCUT2D eigenvalue weighted by Gasteiger charge is -2.27. The standard InChI is InChI=1S/C16H23BrN2O2.C11H15BrN2/c1-16(2,3)21-15(20)19-10-4-9-18(11-12-19)14-7-5-13(17)6-8-14;12-10-2-4-11(5-3-10)14-8-1-6-13-7-9-14/h5-8H,4,9-12H2,1-3H3;2-5,13H,1,6-9H2. The highest BCUT2D eigenvalue weighted by Crippen LogP contribution is 2.21. The van der Waals surface area contributed by atoms with Gasteiger partial charge in [-0.2, -0.15) is 0 Å². The zero-order chi connectivity index (χ0) is 25.3. The van der Waals surface area contributed by atoms with Gasteiger partial charge in [-0.25, -0.2) is 4.79 Å². The summed E-state index contributed by atoms with van der Waals surface area (Å²) in [4.78, 5) is 18.7. The molecule has 0 aliphatic carbocycles. The Labute approximate surface area is 227 Å². The van der Waals surface area contributed by atoms with Gasteiger partial charge in [0.25, 0.3) is 0 Å². The number of carbonyl (C=O) groups is 1. The summed E-state index contributed by atoms with van der Waals surface area (Å²) in [5.74, 6) is 0. The first-order valence-electron chi connectivity index (χ1n) is 12.4. The zero-order valence-electron chi connectivity index (χ0n) is 21.1. The minimum atomic E-state index is -0.436. The Morgan fingerprint density at radius 1 is 0.743 bits per heavy atom. The molecule has 8 heteroatoms. The van der Waals surface area contributed by atoms with Gasteiger partial charge in [0, 0.05) is 66.1 Å². The van der Waals surface area contributed by atoms with Crippen molar-refractivity contribution < 1.29 is 9.53 Å². The van der Waals surface area contributed by atoms with E-state index in [9.17, 15) is 4.79 Å². The largest absolute Gasteiger partial charge is 0.444 e. The number of nitrogens with one attached hydrogen (secondary N) is 1. The van der Waals surface area contributed by atoms with Crippen molar-refractivity contribution in [2.75, 3.05) is 62.2 Å². The van der Waals surface area contributed by atoms with Gasteiger partial charge >= 0.3 is 6.09 Å². The van der Waals surface area contributed by atoms with Crippen molar-refractivity contribution in [2.24, 2.45) is 0 Å².